The van der Waals surface area contributed by atoms with Crippen LogP contribution < -0.4 is 0 Å². The molecule has 1 atom stereocenters. The lowest BCUT2D eigenvalue weighted by molar-refractivity contribution is 0.736. The molecule has 0 heterocycles. The Bertz CT molecular complexity index is 558. The lowest BCUT2D eigenvalue weighted by Gasteiger charge is -2.29. The Kier molecular flexibility index (Phi) is 3.12. The monoisotopic (exact) mass is 252 g/mol. The number of hydrogen-bond acceptors (Lipinski definition) is 0. The van der Waals surface area contributed by atoms with Crippen LogP contribution in [0.25, 0.3) is 5.57 Å². The zero-order valence-electron chi connectivity index (χ0n) is 12.4. The molecule has 0 bridgehead atoms. The Hall–Kier alpha value is -1.30. The molecule has 0 heteroatoms. The molecule has 0 N–H and O–H groups in total. The molecule has 3 rings (SSSR count). The van der Waals surface area contributed by atoms with Crippen molar-refractivity contribution in [2.24, 2.45) is 5.92 Å². The molecular formula is C19H24. The first-order valence-corrected chi connectivity index (χ1v) is 7.68. The van der Waals surface area contributed by atoms with Crippen molar-refractivity contribution in [2.45, 2.75) is 52.4 Å². The van der Waals surface area contributed by atoms with E-state index < -0.39 is 0 Å². The van der Waals surface area contributed by atoms with Gasteiger partial charge in [-0.2, -0.15) is 0 Å². The second-order valence-electron chi connectivity index (χ2n) is 6.33. The maximum absolute atomic E-state index is 4.38. The van der Waals surface area contributed by atoms with Crippen LogP contribution in [-0.2, 0) is 12.8 Å². The highest BCUT2D eigenvalue weighted by Gasteiger charge is 2.25. The fraction of sp³-hybridized carbons (Fsp3) is 0.474. The SMILES string of the molecule is C=C1C(C(C)C)=CC(CC)c2cc3c(cc21)CCC3. The number of aryl methyl sites for hydroxylation is 2. The highest BCUT2D eigenvalue weighted by Crippen LogP contribution is 2.43. The first-order chi connectivity index (χ1) is 9.11. The second-order valence-corrected chi connectivity index (χ2v) is 6.33. The average molecular weight is 252 g/mol. The van der Waals surface area contributed by atoms with E-state index in [-0.39, 0.29) is 0 Å². The number of fused-ring (bicyclic) bond motifs is 2. The van der Waals surface area contributed by atoms with Gasteiger partial charge in [0.15, 0.2) is 0 Å². The van der Waals surface area contributed by atoms with E-state index in [1.807, 2.05) is 0 Å². The molecule has 100 valence electrons. The Morgan fingerprint density at radius 2 is 1.89 bits per heavy atom. The Balaban J connectivity index is 2.15. The summed E-state index contributed by atoms with van der Waals surface area (Å²) in [5.74, 6) is 1.16. The summed E-state index contributed by atoms with van der Waals surface area (Å²) in [6.07, 6.45) is 7.51. The van der Waals surface area contributed by atoms with Gasteiger partial charge in [0.05, 0.1) is 0 Å². The molecule has 0 fully saturated rings. The van der Waals surface area contributed by atoms with Gasteiger partial charge in [-0.15, -0.1) is 0 Å². The molecule has 0 amide bonds. The van der Waals surface area contributed by atoms with Crippen LogP contribution in [0, 0.1) is 5.92 Å². The van der Waals surface area contributed by atoms with Gasteiger partial charge in [-0.25, -0.2) is 0 Å². The van der Waals surface area contributed by atoms with Crippen molar-refractivity contribution < 1.29 is 0 Å². The van der Waals surface area contributed by atoms with E-state index >= 15 is 0 Å². The smallest absolute Gasteiger partial charge is 0.00277 e. The van der Waals surface area contributed by atoms with Crippen molar-refractivity contribution in [2.75, 3.05) is 0 Å². The average Bonchev–Trinajstić information content (AvgIpc) is 2.84. The van der Waals surface area contributed by atoms with Crippen molar-refractivity contribution in [3.8, 4) is 0 Å². The van der Waals surface area contributed by atoms with Crippen molar-refractivity contribution >= 4 is 5.57 Å². The van der Waals surface area contributed by atoms with Gasteiger partial charge in [0.25, 0.3) is 0 Å². The van der Waals surface area contributed by atoms with Crippen molar-refractivity contribution in [3.63, 3.8) is 0 Å². The predicted molar refractivity (Wildman–Crippen MR) is 83.5 cm³/mol. The van der Waals surface area contributed by atoms with E-state index in [0.717, 1.165) is 0 Å². The zero-order chi connectivity index (χ0) is 13.6. The number of allylic oxidation sites excluding steroid dienone is 3. The Morgan fingerprint density at radius 1 is 1.21 bits per heavy atom. The summed E-state index contributed by atoms with van der Waals surface area (Å²) >= 11 is 0. The molecule has 1 aromatic rings. The standard InChI is InChI=1S/C19H24/c1-5-14-9-17(12(2)3)13(4)18-10-15-7-6-8-16(15)11-19(14)18/h9-12,14H,4-8H2,1-3H3. The highest BCUT2D eigenvalue weighted by atomic mass is 14.3. The van der Waals surface area contributed by atoms with Gasteiger partial charge in [-0.05, 0) is 65.0 Å². The van der Waals surface area contributed by atoms with Crippen molar-refractivity contribution in [1.82, 2.24) is 0 Å². The van der Waals surface area contributed by atoms with E-state index in [9.17, 15) is 0 Å². The van der Waals surface area contributed by atoms with Crippen LogP contribution >= 0.6 is 0 Å². The van der Waals surface area contributed by atoms with Crippen LogP contribution in [0.5, 0.6) is 0 Å². The topological polar surface area (TPSA) is 0 Å². The van der Waals surface area contributed by atoms with Crippen LogP contribution in [-0.4, -0.2) is 0 Å². The van der Waals surface area contributed by atoms with Gasteiger partial charge in [-0.1, -0.05) is 45.6 Å². The maximum atomic E-state index is 4.38. The minimum Gasteiger partial charge on any atom is -0.0909 e. The number of benzene rings is 1. The van der Waals surface area contributed by atoms with Gasteiger partial charge >= 0.3 is 0 Å². The molecule has 0 radical (unpaired) electrons. The molecule has 0 nitrogen and oxygen atoms in total. The van der Waals surface area contributed by atoms with Gasteiger partial charge in [0, 0.05) is 5.92 Å². The summed E-state index contributed by atoms with van der Waals surface area (Å²) in [4.78, 5) is 0. The quantitative estimate of drug-likeness (QED) is 0.672. The Labute approximate surface area is 117 Å². The molecule has 0 saturated carbocycles. The summed E-state index contributed by atoms with van der Waals surface area (Å²) < 4.78 is 0. The van der Waals surface area contributed by atoms with E-state index in [1.54, 1.807) is 11.1 Å². The van der Waals surface area contributed by atoms with E-state index in [1.165, 1.54) is 48.0 Å². The lowest BCUT2D eigenvalue weighted by Crippen LogP contribution is -2.11. The minimum atomic E-state index is 0.572. The fourth-order valence-electron chi connectivity index (χ4n) is 3.65. The third kappa shape index (κ3) is 1.98. The Morgan fingerprint density at radius 3 is 2.53 bits per heavy atom. The van der Waals surface area contributed by atoms with E-state index in [4.69, 9.17) is 0 Å². The van der Waals surface area contributed by atoms with Crippen molar-refractivity contribution in [3.05, 3.63) is 52.6 Å². The second kappa shape index (κ2) is 4.67. The van der Waals surface area contributed by atoms with Crippen LogP contribution in [0.1, 0.15) is 61.8 Å². The third-order valence-electron chi connectivity index (χ3n) is 4.78. The highest BCUT2D eigenvalue weighted by molar-refractivity contribution is 5.83. The predicted octanol–water partition coefficient (Wildman–Crippen LogP) is 5.28. The molecule has 0 aromatic heterocycles. The zero-order valence-corrected chi connectivity index (χ0v) is 12.4. The summed E-state index contributed by atoms with van der Waals surface area (Å²) in [6.45, 7) is 11.2. The van der Waals surface area contributed by atoms with Crippen LogP contribution in [0.15, 0.2) is 30.4 Å². The third-order valence-corrected chi connectivity index (χ3v) is 4.78. The summed E-state index contributed by atoms with van der Waals surface area (Å²) in [6, 6.07) is 4.92. The molecule has 1 aromatic carbocycles. The molecule has 0 saturated heterocycles. The summed E-state index contributed by atoms with van der Waals surface area (Å²) in [5, 5.41) is 0. The van der Waals surface area contributed by atoms with Crippen molar-refractivity contribution in [1.29, 1.82) is 0 Å². The first kappa shape index (κ1) is 12.7. The minimum absolute atomic E-state index is 0.572. The van der Waals surface area contributed by atoms with Gasteiger partial charge in [-0.3, -0.25) is 0 Å². The normalized spacial score (nSPS) is 21.4. The molecule has 0 spiro atoms. The number of hydrogen-bond donors (Lipinski definition) is 0. The molecular weight excluding hydrogens is 228 g/mol. The lowest BCUT2D eigenvalue weighted by atomic mass is 9.76. The molecule has 19 heavy (non-hydrogen) atoms. The van der Waals surface area contributed by atoms with E-state index in [2.05, 4.69) is 45.6 Å². The maximum Gasteiger partial charge on any atom is 0.00277 e. The van der Waals surface area contributed by atoms with Crippen LogP contribution in [0.2, 0.25) is 0 Å². The van der Waals surface area contributed by atoms with Gasteiger partial charge < -0.3 is 0 Å². The molecule has 2 aliphatic carbocycles. The van der Waals surface area contributed by atoms with Gasteiger partial charge in [0.2, 0.25) is 0 Å². The fourth-order valence-corrected chi connectivity index (χ4v) is 3.65. The molecule has 2 aliphatic rings. The summed E-state index contributed by atoms with van der Waals surface area (Å²) in [7, 11) is 0. The van der Waals surface area contributed by atoms with Crippen LogP contribution in [0.3, 0.4) is 0 Å². The largest absolute Gasteiger partial charge is 0.0909 e. The summed E-state index contributed by atoms with van der Waals surface area (Å²) in [5.41, 5.74) is 8.84. The van der Waals surface area contributed by atoms with E-state index in [0.29, 0.717) is 11.8 Å². The molecule has 0 aliphatic heterocycles. The van der Waals surface area contributed by atoms with Crippen LogP contribution in [0.4, 0.5) is 0 Å². The number of rotatable bonds is 2. The first-order valence-electron chi connectivity index (χ1n) is 7.68. The molecule has 1 unspecified atom stereocenters. The van der Waals surface area contributed by atoms with Gasteiger partial charge in [0.1, 0.15) is 0 Å².